The van der Waals surface area contributed by atoms with E-state index in [9.17, 15) is 8.42 Å². The zero-order valence-electron chi connectivity index (χ0n) is 10.9. The van der Waals surface area contributed by atoms with Crippen LogP contribution in [0, 0.1) is 0 Å². The number of hydrogen-bond donors (Lipinski definition) is 2. The average molecular weight is 270 g/mol. The van der Waals surface area contributed by atoms with E-state index in [1.165, 1.54) is 0 Å². The maximum atomic E-state index is 11.8. The van der Waals surface area contributed by atoms with Crippen molar-refractivity contribution < 1.29 is 8.42 Å². The summed E-state index contributed by atoms with van der Waals surface area (Å²) >= 11 is 0. The molecule has 1 aromatic rings. The molecule has 0 saturated carbocycles. The van der Waals surface area contributed by atoms with E-state index in [0.29, 0.717) is 12.1 Å². The van der Waals surface area contributed by atoms with Crippen molar-refractivity contribution >= 4 is 15.7 Å². The van der Waals surface area contributed by atoms with Crippen LogP contribution in [-0.4, -0.2) is 27.3 Å². The largest absolute Gasteiger partial charge is 0.317 e. The second-order valence-electron chi connectivity index (χ2n) is 4.24. The molecule has 0 radical (unpaired) electrons. The van der Waals surface area contributed by atoms with Crippen LogP contribution < -0.4 is 10.0 Å². The highest BCUT2D eigenvalue weighted by Gasteiger charge is 2.09. The molecular formula is C13H22N2O2S. The maximum absolute atomic E-state index is 11.8. The Labute approximate surface area is 110 Å². The number of benzene rings is 1. The third-order valence-corrected chi connectivity index (χ3v) is 3.86. The van der Waals surface area contributed by atoms with Gasteiger partial charge in [-0.2, -0.15) is 0 Å². The van der Waals surface area contributed by atoms with Crippen molar-refractivity contribution in [1.82, 2.24) is 5.32 Å². The van der Waals surface area contributed by atoms with Crippen molar-refractivity contribution in [2.45, 2.75) is 26.2 Å². The second-order valence-corrected chi connectivity index (χ2v) is 6.09. The number of rotatable bonds is 9. The second kappa shape index (κ2) is 8.11. The first kappa shape index (κ1) is 15.0. The maximum Gasteiger partial charge on any atom is 0.232 e. The minimum absolute atomic E-state index is 0.176. The topological polar surface area (TPSA) is 58.2 Å². The SMILES string of the molecule is CCCNCCCCS(=O)(=O)Nc1ccccc1. The highest BCUT2D eigenvalue weighted by Crippen LogP contribution is 2.08. The Hall–Kier alpha value is -1.07. The first-order valence-corrected chi connectivity index (χ1v) is 8.05. The third-order valence-electron chi connectivity index (χ3n) is 2.49. The van der Waals surface area contributed by atoms with Gasteiger partial charge in [0, 0.05) is 5.69 Å². The smallest absolute Gasteiger partial charge is 0.232 e. The molecule has 102 valence electrons. The minimum Gasteiger partial charge on any atom is -0.317 e. The predicted molar refractivity (Wildman–Crippen MR) is 76.2 cm³/mol. The Morgan fingerprint density at radius 1 is 1.06 bits per heavy atom. The first-order valence-electron chi connectivity index (χ1n) is 6.40. The fourth-order valence-electron chi connectivity index (χ4n) is 1.58. The van der Waals surface area contributed by atoms with Gasteiger partial charge in [0.25, 0.3) is 0 Å². The summed E-state index contributed by atoms with van der Waals surface area (Å²) in [5.41, 5.74) is 0.626. The summed E-state index contributed by atoms with van der Waals surface area (Å²) < 4.78 is 26.1. The van der Waals surface area contributed by atoms with Crippen LogP contribution in [0.1, 0.15) is 26.2 Å². The van der Waals surface area contributed by atoms with Crippen LogP contribution in [0.5, 0.6) is 0 Å². The number of nitrogens with one attached hydrogen (secondary N) is 2. The lowest BCUT2D eigenvalue weighted by molar-refractivity contribution is 0.590. The summed E-state index contributed by atoms with van der Waals surface area (Å²) in [5.74, 6) is 0.176. The molecule has 0 heterocycles. The molecule has 4 nitrogen and oxygen atoms in total. The Kier molecular flexibility index (Phi) is 6.75. The molecule has 1 aromatic carbocycles. The van der Waals surface area contributed by atoms with Gasteiger partial charge in [-0.3, -0.25) is 4.72 Å². The van der Waals surface area contributed by atoms with Gasteiger partial charge in [-0.15, -0.1) is 0 Å². The Bertz CT molecular complexity index is 418. The number of unbranched alkanes of at least 4 members (excludes halogenated alkanes) is 1. The average Bonchev–Trinajstić information content (AvgIpc) is 2.34. The van der Waals surface area contributed by atoms with Crippen LogP contribution >= 0.6 is 0 Å². The van der Waals surface area contributed by atoms with E-state index in [1.807, 2.05) is 18.2 Å². The van der Waals surface area contributed by atoms with Gasteiger partial charge < -0.3 is 5.32 Å². The van der Waals surface area contributed by atoms with Gasteiger partial charge in [0.2, 0.25) is 10.0 Å². The molecule has 0 bridgehead atoms. The minimum atomic E-state index is -3.21. The van der Waals surface area contributed by atoms with Gasteiger partial charge in [0.05, 0.1) is 5.75 Å². The molecule has 0 atom stereocenters. The Morgan fingerprint density at radius 3 is 2.44 bits per heavy atom. The highest BCUT2D eigenvalue weighted by molar-refractivity contribution is 7.92. The molecule has 0 amide bonds. The zero-order valence-corrected chi connectivity index (χ0v) is 11.7. The highest BCUT2D eigenvalue weighted by atomic mass is 32.2. The van der Waals surface area contributed by atoms with Gasteiger partial charge in [-0.25, -0.2) is 8.42 Å². The van der Waals surface area contributed by atoms with E-state index in [1.54, 1.807) is 12.1 Å². The summed E-state index contributed by atoms with van der Waals surface area (Å²) in [6.07, 6.45) is 2.67. The van der Waals surface area contributed by atoms with E-state index in [2.05, 4.69) is 17.0 Å². The standard InChI is InChI=1S/C13H22N2O2S/c1-2-10-14-11-6-7-12-18(16,17)15-13-8-4-3-5-9-13/h3-5,8-9,14-15H,2,6-7,10-12H2,1H3. The summed E-state index contributed by atoms with van der Waals surface area (Å²) in [4.78, 5) is 0. The van der Waals surface area contributed by atoms with Crippen molar-refractivity contribution in [1.29, 1.82) is 0 Å². The van der Waals surface area contributed by atoms with Gasteiger partial charge in [0.1, 0.15) is 0 Å². The Balaban J connectivity index is 2.24. The molecule has 0 aliphatic rings. The number of hydrogen-bond acceptors (Lipinski definition) is 3. The third kappa shape index (κ3) is 6.61. The van der Waals surface area contributed by atoms with E-state index in [0.717, 1.165) is 25.9 Å². The lowest BCUT2D eigenvalue weighted by atomic mass is 10.3. The lowest BCUT2D eigenvalue weighted by Gasteiger charge is -2.08. The van der Waals surface area contributed by atoms with Crippen molar-refractivity contribution in [3.8, 4) is 0 Å². The van der Waals surface area contributed by atoms with Crippen molar-refractivity contribution in [3.63, 3.8) is 0 Å². The summed E-state index contributed by atoms with van der Waals surface area (Å²) in [7, 11) is -3.21. The monoisotopic (exact) mass is 270 g/mol. The lowest BCUT2D eigenvalue weighted by Crippen LogP contribution is -2.19. The first-order chi connectivity index (χ1) is 8.64. The molecule has 0 aliphatic carbocycles. The van der Waals surface area contributed by atoms with Crippen LogP contribution in [-0.2, 0) is 10.0 Å². The number of anilines is 1. The fourth-order valence-corrected chi connectivity index (χ4v) is 2.76. The zero-order chi connectivity index (χ0) is 13.3. The molecule has 0 aromatic heterocycles. The molecular weight excluding hydrogens is 248 g/mol. The molecule has 1 rings (SSSR count). The number of para-hydroxylation sites is 1. The van der Waals surface area contributed by atoms with E-state index >= 15 is 0 Å². The van der Waals surface area contributed by atoms with Crippen molar-refractivity contribution in [2.75, 3.05) is 23.6 Å². The van der Waals surface area contributed by atoms with Gasteiger partial charge in [0.15, 0.2) is 0 Å². The molecule has 0 saturated heterocycles. The number of sulfonamides is 1. The van der Waals surface area contributed by atoms with Crippen LogP contribution in [0.3, 0.4) is 0 Å². The molecule has 5 heteroatoms. The summed E-state index contributed by atoms with van der Waals surface area (Å²) in [6.45, 7) is 3.99. The predicted octanol–water partition coefficient (Wildman–Crippen LogP) is 2.21. The molecule has 2 N–H and O–H groups in total. The van der Waals surface area contributed by atoms with Crippen LogP contribution in [0.15, 0.2) is 30.3 Å². The van der Waals surface area contributed by atoms with E-state index in [-0.39, 0.29) is 5.75 Å². The Morgan fingerprint density at radius 2 is 1.78 bits per heavy atom. The quantitative estimate of drug-likeness (QED) is 0.676. The van der Waals surface area contributed by atoms with Gasteiger partial charge >= 0.3 is 0 Å². The van der Waals surface area contributed by atoms with E-state index in [4.69, 9.17) is 0 Å². The van der Waals surface area contributed by atoms with E-state index < -0.39 is 10.0 Å². The van der Waals surface area contributed by atoms with Crippen LogP contribution in [0.4, 0.5) is 5.69 Å². The summed E-state index contributed by atoms with van der Waals surface area (Å²) in [6, 6.07) is 8.98. The van der Waals surface area contributed by atoms with Gasteiger partial charge in [-0.05, 0) is 44.5 Å². The molecule has 0 fully saturated rings. The van der Waals surface area contributed by atoms with Crippen LogP contribution in [0.2, 0.25) is 0 Å². The van der Waals surface area contributed by atoms with Crippen molar-refractivity contribution in [3.05, 3.63) is 30.3 Å². The normalized spacial score (nSPS) is 11.4. The van der Waals surface area contributed by atoms with Crippen molar-refractivity contribution in [2.24, 2.45) is 0 Å². The van der Waals surface area contributed by atoms with Gasteiger partial charge in [-0.1, -0.05) is 25.1 Å². The summed E-state index contributed by atoms with van der Waals surface area (Å²) in [5, 5.41) is 3.26. The molecule has 18 heavy (non-hydrogen) atoms. The molecule has 0 aliphatic heterocycles. The van der Waals surface area contributed by atoms with Crippen LogP contribution in [0.25, 0.3) is 0 Å². The fraction of sp³-hybridized carbons (Fsp3) is 0.538. The molecule has 0 unspecified atom stereocenters. The molecule has 0 spiro atoms.